The van der Waals surface area contributed by atoms with Gasteiger partial charge >= 0.3 is 6.03 Å². The summed E-state index contributed by atoms with van der Waals surface area (Å²) in [6.45, 7) is 3.21. The van der Waals surface area contributed by atoms with Gasteiger partial charge < -0.3 is 25.2 Å². The lowest BCUT2D eigenvalue weighted by atomic mass is 10.0. The molecule has 3 heterocycles. The quantitative estimate of drug-likeness (QED) is 0.619. The van der Waals surface area contributed by atoms with Gasteiger partial charge in [-0.2, -0.15) is 0 Å². The minimum Gasteiger partial charge on any atom is -0.473 e. The van der Waals surface area contributed by atoms with Crippen LogP contribution >= 0.6 is 0 Å². The average molecular weight is 423 g/mol. The molecule has 1 saturated heterocycles. The van der Waals surface area contributed by atoms with Crippen LogP contribution in [0.5, 0.6) is 5.88 Å². The fraction of sp³-hybridized carbons (Fsp3) is 0.364. The summed E-state index contributed by atoms with van der Waals surface area (Å²) in [6, 6.07) is 9.26. The predicted octanol–water partition coefficient (Wildman–Crippen LogP) is 1.77. The Bertz CT molecular complexity index is 1060. The number of ether oxygens (including phenoxy) is 2. The highest BCUT2D eigenvalue weighted by Gasteiger charge is 2.24. The largest absolute Gasteiger partial charge is 0.473 e. The Morgan fingerprint density at radius 3 is 2.84 bits per heavy atom. The highest BCUT2D eigenvalue weighted by Crippen LogP contribution is 2.27. The summed E-state index contributed by atoms with van der Waals surface area (Å²) in [5.41, 5.74) is 9.25. The number of aromatic nitrogens is 3. The standard InChI is InChI=1S/C22H25N5O4/c1-14(28)10-15-2-4-16(5-3-15)18-11-19-20(25-7-6-24-19)21(26-18)31-13-17-12-27(22(23)29)8-9-30-17/h2-7,11,14,17,28H,8-10,12-13H2,1H3,(H2,23,29)/t14-,17+/m1/s1. The van der Waals surface area contributed by atoms with E-state index >= 15 is 0 Å². The van der Waals surface area contributed by atoms with Gasteiger partial charge in [-0.3, -0.25) is 4.98 Å². The molecular weight excluding hydrogens is 398 g/mol. The summed E-state index contributed by atoms with van der Waals surface area (Å²) in [5, 5.41) is 9.58. The number of nitrogens with two attached hydrogens (primary N) is 1. The van der Waals surface area contributed by atoms with Crippen molar-refractivity contribution in [2.45, 2.75) is 25.6 Å². The number of fused-ring (bicyclic) bond motifs is 1. The van der Waals surface area contributed by atoms with Crippen molar-refractivity contribution in [3.8, 4) is 17.1 Å². The van der Waals surface area contributed by atoms with Crippen molar-refractivity contribution < 1.29 is 19.4 Å². The Balaban J connectivity index is 1.57. The summed E-state index contributed by atoms with van der Waals surface area (Å²) in [4.78, 5) is 26.4. The van der Waals surface area contributed by atoms with Gasteiger partial charge in [0, 0.05) is 24.5 Å². The minimum absolute atomic E-state index is 0.208. The zero-order chi connectivity index (χ0) is 21.8. The van der Waals surface area contributed by atoms with E-state index in [1.165, 1.54) is 4.90 Å². The summed E-state index contributed by atoms with van der Waals surface area (Å²) in [6.07, 6.45) is 3.10. The van der Waals surface area contributed by atoms with Gasteiger partial charge in [0.2, 0.25) is 5.88 Å². The first kappa shape index (κ1) is 21.0. The molecule has 2 aromatic heterocycles. The molecule has 2 atom stereocenters. The number of nitrogens with zero attached hydrogens (tertiary/aromatic N) is 4. The van der Waals surface area contributed by atoms with Crippen molar-refractivity contribution in [2.75, 3.05) is 26.3 Å². The van der Waals surface area contributed by atoms with Gasteiger partial charge in [0.1, 0.15) is 12.7 Å². The van der Waals surface area contributed by atoms with E-state index in [9.17, 15) is 9.90 Å². The summed E-state index contributed by atoms with van der Waals surface area (Å²) in [7, 11) is 0. The van der Waals surface area contributed by atoms with Crippen molar-refractivity contribution in [1.29, 1.82) is 0 Å². The van der Waals surface area contributed by atoms with Crippen LogP contribution in [0.2, 0.25) is 0 Å². The van der Waals surface area contributed by atoms with Gasteiger partial charge in [0.15, 0.2) is 5.52 Å². The van der Waals surface area contributed by atoms with Crippen LogP contribution in [-0.4, -0.2) is 69.5 Å². The Hall–Kier alpha value is -3.30. The number of hydrogen-bond donors (Lipinski definition) is 2. The number of rotatable bonds is 6. The molecule has 0 unspecified atom stereocenters. The van der Waals surface area contributed by atoms with Gasteiger partial charge in [0.05, 0.1) is 30.5 Å². The lowest BCUT2D eigenvalue weighted by molar-refractivity contribution is -0.0346. The highest BCUT2D eigenvalue weighted by molar-refractivity contribution is 5.83. The number of carbonyl (C=O) groups excluding carboxylic acids is 1. The van der Waals surface area contributed by atoms with E-state index in [0.717, 1.165) is 11.1 Å². The van der Waals surface area contributed by atoms with Crippen molar-refractivity contribution in [3.05, 3.63) is 48.3 Å². The summed E-state index contributed by atoms with van der Waals surface area (Å²) >= 11 is 0. The number of primary amides is 1. The normalized spacial score (nSPS) is 17.5. The number of benzene rings is 1. The topological polar surface area (TPSA) is 124 Å². The first-order valence-electron chi connectivity index (χ1n) is 10.2. The fourth-order valence-corrected chi connectivity index (χ4v) is 3.54. The molecular formula is C22H25N5O4. The predicted molar refractivity (Wildman–Crippen MR) is 115 cm³/mol. The van der Waals surface area contributed by atoms with E-state index in [1.807, 2.05) is 30.3 Å². The van der Waals surface area contributed by atoms with E-state index in [4.69, 9.17) is 15.2 Å². The van der Waals surface area contributed by atoms with Crippen LogP contribution in [0.4, 0.5) is 4.79 Å². The number of carbonyl (C=O) groups is 1. The lowest BCUT2D eigenvalue weighted by Crippen LogP contribution is -2.49. The molecule has 3 N–H and O–H groups in total. The summed E-state index contributed by atoms with van der Waals surface area (Å²) < 4.78 is 11.7. The average Bonchev–Trinajstić information content (AvgIpc) is 2.77. The molecule has 3 aromatic rings. The number of morpholine rings is 1. The number of pyridine rings is 1. The second kappa shape index (κ2) is 9.23. The molecule has 1 aliphatic rings. The maximum absolute atomic E-state index is 11.4. The first-order chi connectivity index (χ1) is 15.0. The molecule has 0 spiro atoms. The second-order valence-electron chi connectivity index (χ2n) is 7.57. The maximum atomic E-state index is 11.4. The monoisotopic (exact) mass is 423 g/mol. The second-order valence-corrected chi connectivity index (χ2v) is 7.57. The molecule has 0 saturated carbocycles. The molecule has 9 heteroatoms. The van der Waals surface area contributed by atoms with E-state index in [2.05, 4.69) is 15.0 Å². The summed E-state index contributed by atoms with van der Waals surface area (Å²) in [5.74, 6) is 0.355. The molecule has 2 amide bonds. The zero-order valence-electron chi connectivity index (χ0n) is 17.3. The van der Waals surface area contributed by atoms with Gasteiger partial charge in [-0.1, -0.05) is 24.3 Å². The molecule has 31 heavy (non-hydrogen) atoms. The van der Waals surface area contributed by atoms with E-state index in [0.29, 0.717) is 48.7 Å². The maximum Gasteiger partial charge on any atom is 0.314 e. The molecule has 1 aliphatic heterocycles. The lowest BCUT2D eigenvalue weighted by Gasteiger charge is -2.31. The molecule has 0 bridgehead atoms. The van der Waals surface area contributed by atoms with Crippen LogP contribution in [0, 0.1) is 0 Å². The van der Waals surface area contributed by atoms with Crippen molar-refractivity contribution in [1.82, 2.24) is 19.9 Å². The van der Waals surface area contributed by atoms with E-state index in [1.54, 1.807) is 19.3 Å². The van der Waals surface area contributed by atoms with Crippen LogP contribution in [0.3, 0.4) is 0 Å². The minimum atomic E-state index is -0.469. The van der Waals surface area contributed by atoms with Crippen LogP contribution in [0.15, 0.2) is 42.7 Å². The highest BCUT2D eigenvalue weighted by atomic mass is 16.5. The SMILES string of the molecule is C[C@@H](O)Cc1ccc(-c2cc3nccnc3c(OC[C@@H]3CN(C(N)=O)CCO3)n2)cc1. The molecule has 0 radical (unpaired) electrons. The molecule has 1 fully saturated rings. The fourth-order valence-electron chi connectivity index (χ4n) is 3.54. The van der Waals surface area contributed by atoms with E-state index < -0.39 is 12.1 Å². The van der Waals surface area contributed by atoms with Gasteiger partial charge in [-0.05, 0) is 25.0 Å². The van der Waals surface area contributed by atoms with Crippen LogP contribution in [-0.2, 0) is 11.2 Å². The van der Waals surface area contributed by atoms with Crippen molar-refractivity contribution in [2.24, 2.45) is 5.73 Å². The van der Waals surface area contributed by atoms with Crippen LogP contribution in [0.25, 0.3) is 22.3 Å². The van der Waals surface area contributed by atoms with Gasteiger partial charge in [-0.25, -0.2) is 14.8 Å². The third-order valence-corrected chi connectivity index (χ3v) is 5.06. The molecule has 162 valence electrons. The number of amides is 2. The Kier molecular flexibility index (Phi) is 6.24. The molecule has 1 aromatic carbocycles. The zero-order valence-corrected chi connectivity index (χ0v) is 17.3. The Morgan fingerprint density at radius 2 is 2.10 bits per heavy atom. The first-order valence-corrected chi connectivity index (χ1v) is 10.2. The smallest absolute Gasteiger partial charge is 0.314 e. The molecule has 9 nitrogen and oxygen atoms in total. The number of urea groups is 1. The van der Waals surface area contributed by atoms with Gasteiger partial charge in [-0.15, -0.1) is 0 Å². The Labute approximate surface area is 179 Å². The number of aliphatic hydroxyl groups excluding tert-OH is 1. The third kappa shape index (κ3) is 5.07. The van der Waals surface area contributed by atoms with Crippen molar-refractivity contribution >= 4 is 17.1 Å². The molecule has 4 rings (SSSR count). The van der Waals surface area contributed by atoms with Crippen LogP contribution in [0.1, 0.15) is 12.5 Å². The van der Waals surface area contributed by atoms with Crippen molar-refractivity contribution in [3.63, 3.8) is 0 Å². The van der Waals surface area contributed by atoms with E-state index in [-0.39, 0.29) is 12.7 Å². The van der Waals surface area contributed by atoms with Crippen LogP contribution < -0.4 is 10.5 Å². The third-order valence-electron chi connectivity index (χ3n) is 5.06. The molecule has 0 aliphatic carbocycles. The van der Waals surface area contributed by atoms with Gasteiger partial charge in [0.25, 0.3) is 0 Å². The number of hydrogen-bond acceptors (Lipinski definition) is 7. The number of aliphatic hydroxyl groups is 1. The Morgan fingerprint density at radius 1 is 1.32 bits per heavy atom.